The van der Waals surface area contributed by atoms with Crippen LogP contribution in [-0.2, 0) is 43.3 Å². The second-order valence-corrected chi connectivity index (χ2v) is 35.5. The summed E-state index contributed by atoms with van der Waals surface area (Å²) in [5, 5.41) is 25.4. The van der Waals surface area contributed by atoms with Crippen molar-refractivity contribution in [1.29, 1.82) is 0 Å². The normalized spacial score (nSPS) is 13.1. The molecule has 0 fully saturated rings. The van der Waals surface area contributed by atoms with Crippen LogP contribution >= 0.6 is 0 Å². The largest absolute Gasteiger partial charge is 0.507 e. The number of para-hydroxylation sites is 2. The molecule has 510 valence electrons. The Hall–Kier alpha value is -9.02. The molecule has 0 aliphatic carbocycles. The van der Waals surface area contributed by atoms with Crippen LogP contribution in [0.5, 0.6) is 23.0 Å². The van der Waals surface area contributed by atoms with Crippen molar-refractivity contribution in [3.05, 3.63) is 190 Å². The van der Waals surface area contributed by atoms with Gasteiger partial charge in [-0.1, -0.05) is 215 Å². The van der Waals surface area contributed by atoms with E-state index in [1.54, 1.807) is 20.5 Å². The Bertz CT molecular complexity index is 4550. The quantitative estimate of drug-likeness (QED) is 0.139. The monoisotopic (exact) mass is 1310 g/mol. The molecule has 11 rings (SSSR count). The van der Waals surface area contributed by atoms with Crippen LogP contribution in [0, 0.1) is 0 Å². The summed E-state index contributed by atoms with van der Waals surface area (Å²) in [6.45, 7) is 53.4. The first-order chi connectivity index (χ1) is 45.3. The van der Waals surface area contributed by atoms with E-state index in [0.717, 1.165) is 89.1 Å². The summed E-state index contributed by atoms with van der Waals surface area (Å²) in [5.41, 5.74) is 20.1. The number of hydrogen-bond acceptors (Lipinski definition) is 8. The lowest BCUT2D eigenvalue weighted by Gasteiger charge is -2.28. The zero-order chi connectivity index (χ0) is 71.7. The first-order valence-electron chi connectivity index (χ1n) is 34.7. The molecule has 0 atom stereocenters. The molecular weight excluding hydrogens is 1210 g/mol. The van der Waals surface area contributed by atoms with Crippen LogP contribution in [0.2, 0.25) is 0 Å². The Kier molecular flexibility index (Phi) is 17.5. The molecule has 0 saturated heterocycles. The lowest BCUT2D eigenvalue weighted by molar-refractivity contribution is 0.415. The average molecular weight is 1310 g/mol. The van der Waals surface area contributed by atoms with Crippen molar-refractivity contribution in [2.75, 3.05) is 14.2 Å². The van der Waals surface area contributed by atoms with Crippen molar-refractivity contribution in [3.63, 3.8) is 0 Å². The number of phenolic OH excluding ortho intramolecular Hbond substituents is 2. The predicted octanol–water partition coefficient (Wildman–Crippen LogP) is 23.0. The lowest BCUT2D eigenvalue weighted by Crippen LogP contribution is -2.18. The molecule has 0 aliphatic rings. The topological polar surface area (TPSA) is 120 Å². The number of phenols is 2. The molecule has 8 aromatic carbocycles. The Balaban J connectivity index is 1.10. The Labute approximate surface area is 583 Å². The standard InChI is InChI=1S/C88H104N6O4/c1-81(2,3)55-39-56(82(4,5)6)42-61(41-55)93-73-31-27-29-65(75(73)91-79(93)67-45-59(85(13,14)15)47-69(77(67)95)87(19,20)21)51-33-53(37-63(35-51)97-25)71-49-72(90-50-89-71)54-34-52(36-64(38-54)98-26)66-30-28-32-74-76(66)92-80(68-46-60(86(16,17)18)48-70(78(68)96)88(22,23)24)94(74)62-43-57(83(7,8)9)40-58(44-62)84(10,11)12/h27-50,95-96H,1-26H3. The van der Waals surface area contributed by atoms with Crippen molar-refractivity contribution in [2.45, 2.75) is 209 Å². The summed E-state index contributed by atoms with van der Waals surface area (Å²) >= 11 is 0. The van der Waals surface area contributed by atoms with Crippen molar-refractivity contribution in [2.24, 2.45) is 0 Å². The summed E-state index contributed by atoms with van der Waals surface area (Å²) < 4.78 is 16.9. The van der Waals surface area contributed by atoms with E-state index in [1.807, 2.05) is 18.2 Å². The summed E-state index contributed by atoms with van der Waals surface area (Å²) in [6.07, 6.45) is 1.62. The molecule has 2 N–H and O–H groups in total. The minimum Gasteiger partial charge on any atom is -0.507 e. The van der Waals surface area contributed by atoms with Crippen LogP contribution in [0.15, 0.2) is 146 Å². The van der Waals surface area contributed by atoms with E-state index in [1.165, 1.54) is 22.3 Å². The molecule has 0 bridgehead atoms. The van der Waals surface area contributed by atoms with E-state index in [2.05, 4.69) is 297 Å². The fraction of sp³-hybridized carbons (Fsp3) is 0.386. The van der Waals surface area contributed by atoms with Gasteiger partial charge in [-0.3, -0.25) is 9.13 Å². The van der Waals surface area contributed by atoms with Gasteiger partial charge in [0.25, 0.3) is 0 Å². The number of benzene rings is 8. The van der Waals surface area contributed by atoms with Crippen LogP contribution in [0.4, 0.5) is 0 Å². The van der Waals surface area contributed by atoms with Gasteiger partial charge in [-0.2, -0.15) is 0 Å². The number of nitrogens with zero attached hydrogens (tertiary/aromatic N) is 6. The first kappa shape index (κ1) is 70.3. The van der Waals surface area contributed by atoms with E-state index in [0.29, 0.717) is 45.7 Å². The first-order valence-corrected chi connectivity index (χ1v) is 34.7. The van der Waals surface area contributed by atoms with Gasteiger partial charge < -0.3 is 19.7 Å². The number of rotatable bonds is 10. The number of aromatic nitrogens is 6. The van der Waals surface area contributed by atoms with E-state index < -0.39 is 0 Å². The van der Waals surface area contributed by atoms with Gasteiger partial charge in [0.1, 0.15) is 41.0 Å². The highest BCUT2D eigenvalue weighted by Crippen LogP contribution is 2.49. The number of hydrogen-bond donors (Lipinski definition) is 2. The number of fused-ring (bicyclic) bond motifs is 2. The maximum Gasteiger partial charge on any atom is 0.149 e. The Morgan fingerprint density at radius 2 is 0.622 bits per heavy atom. The molecule has 0 spiro atoms. The fourth-order valence-corrected chi connectivity index (χ4v) is 13.1. The van der Waals surface area contributed by atoms with Crippen LogP contribution in [-0.4, -0.2) is 53.5 Å². The maximum absolute atomic E-state index is 12.7. The van der Waals surface area contributed by atoms with Crippen LogP contribution in [0.1, 0.15) is 211 Å². The molecule has 11 aromatic rings. The van der Waals surface area contributed by atoms with Gasteiger partial charge >= 0.3 is 0 Å². The van der Waals surface area contributed by atoms with Crippen LogP contribution in [0.25, 0.3) is 101 Å². The van der Waals surface area contributed by atoms with Crippen LogP contribution in [0.3, 0.4) is 0 Å². The summed E-state index contributed by atoms with van der Waals surface area (Å²) in [5.74, 6) is 3.05. The molecular formula is C88H104N6O4. The highest BCUT2D eigenvalue weighted by atomic mass is 16.5. The third kappa shape index (κ3) is 13.7. The van der Waals surface area contributed by atoms with Gasteiger partial charge in [-0.05, 0) is 179 Å². The highest BCUT2D eigenvalue weighted by Gasteiger charge is 2.33. The number of methoxy groups -OCH3 is 2. The van der Waals surface area contributed by atoms with Crippen molar-refractivity contribution < 1.29 is 19.7 Å². The van der Waals surface area contributed by atoms with Crippen LogP contribution < -0.4 is 9.47 Å². The molecule has 98 heavy (non-hydrogen) atoms. The summed E-state index contributed by atoms with van der Waals surface area (Å²) in [7, 11) is 3.39. The zero-order valence-electron chi connectivity index (χ0n) is 63.3. The van der Waals surface area contributed by atoms with Crippen molar-refractivity contribution in [3.8, 4) is 102 Å². The van der Waals surface area contributed by atoms with E-state index in [9.17, 15) is 10.2 Å². The van der Waals surface area contributed by atoms with Crippen molar-refractivity contribution in [1.82, 2.24) is 29.1 Å². The summed E-state index contributed by atoms with van der Waals surface area (Å²) in [4.78, 5) is 21.4. The lowest BCUT2D eigenvalue weighted by atomic mass is 9.78. The maximum atomic E-state index is 12.7. The minimum atomic E-state index is -0.370. The second-order valence-electron chi connectivity index (χ2n) is 35.5. The highest BCUT2D eigenvalue weighted by molar-refractivity contribution is 5.99. The third-order valence-electron chi connectivity index (χ3n) is 19.4. The predicted molar refractivity (Wildman–Crippen MR) is 410 cm³/mol. The molecule has 3 aromatic heterocycles. The zero-order valence-corrected chi connectivity index (χ0v) is 63.3. The Morgan fingerprint density at radius 1 is 0.316 bits per heavy atom. The van der Waals surface area contributed by atoms with Gasteiger partial charge in [-0.25, -0.2) is 19.9 Å². The smallest absolute Gasteiger partial charge is 0.149 e. The Morgan fingerprint density at radius 3 is 0.918 bits per heavy atom. The number of imidazole rings is 2. The fourth-order valence-electron chi connectivity index (χ4n) is 13.1. The number of aromatic hydroxyl groups is 2. The van der Waals surface area contributed by atoms with Gasteiger partial charge in [0.15, 0.2) is 0 Å². The molecule has 3 heterocycles. The molecule has 0 unspecified atom stereocenters. The molecule has 0 radical (unpaired) electrons. The molecule has 10 heteroatoms. The molecule has 0 aliphatic heterocycles. The van der Waals surface area contributed by atoms with E-state index >= 15 is 0 Å². The molecule has 0 amide bonds. The van der Waals surface area contributed by atoms with Gasteiger partial charge in [-0.15, -0.1) is 0 Å². The summed E-state index contributed by atoms with van der Waals surface area (Å²) in [6, 6.07) is 49.7. The van der Waals surface area contributed by atoms with Gasteiger partial charge in [0.2, 0.25) is 0 Å². The van der Waals surface area contributed by atoms with E-state index in [-0.39, 0.29) is 54.8 Å². The van der Waals surface area contributed by atoms with E-state index in [4.69, 9.17) is 29.4 Å². The number of ether oxygens (including phenoxy) is 2. The molecule has 0 saturated carbocycles. The minimum absolute atomic E-state index is 0.164. The SMILES string of the molecule is COc1cc(-c2cc(-c3cc(OC)cc(-c4cccc5c4nc(-c4cc(C(C)(C)C)cc(C(C)(C)C)c4O)n5-c4cc(C(C)(C)C)cc(C(C)(C)C)c4)c3)ncn2)cc(-c2cccc3c2nc(-c2cc(C(C)(C)C)cc(C(C)(C)C)c2O)n3-c2cc(C(C)(C)C)cc(C(C)(C)C)c2)c1. The van der Waals surface area contributed by atoms with Crippen molar-refractivity contribution >= 4 is 22.1 Å². The average Bonchev–Trinajstić information content (AvgIpc) is 1.57. The van der Waals surface area contributed by atoms with Gasteiger partial charge in [0, 0.05) is 44.8 Å². The second kappa shape index (κ2) is 24.5. The van der Waals surface area contributed by atoms with Gasteiger partial charge in [0.05, 0.1) is 58.8 Å². The molecule has 10 nitrogen and oxygen atoms in total. The third-order valence-corrected chi connectivity index (χ3v) is 19.4.